The van der Waals surface area contributed by atoms with Crippen LogP contribution in [-0.2, 0) is 0 Å². The molecular weight excluding hydrogens is 370 g/mol. The highest BCUT2D eigenvalue weighted by Crippen LogP contribution is 2.31. The van der Waals surface area contributed by atoms with Crippen LogP contribution in [0.25, 0.3) is 21.7 Å². The summed E-state index contributed by atoms with van der Waals surface area (Å²) in [7, 11) is 0. The Morgan fingerprint density at radius 2 is 2.00 bits per heavy atom. The second-order valence-corrected chi connectivity index (χ2v) is 7.54. The van der Waals surface area contributed by atoms with Crippen molar-refractivity contribution in [1.29, 1.82) is 0 Å². The van der Waals surface area contributed by atoms with Crippen molar-refractivity contribution in [1.82, 2.24) is 10.1 Å². The lowest BCUT2D eigenvalue weighted by atomic mass is 10.1. The number of hydrogen-bond donors (Lipinski definition) is 1. The van der Waals surface area contributed by atoms with Crippen LogP contribution in [0.4, 0.5) is 5.69 Å². The maximum absolute atomic E-state index is 13.0. The van der Waals surface area contributed by atoms with E-state index in [-0.39, 0.29) is 5.91 Å². The molecular formula is C19H14ClN3O2S. The third kappa shape index (κ3) is 2.98. The van der Waals surface area contributed by atoms with Crippen LogP contribution in [0.15, 0.2) is 47.0 Å². The molecule has 4 aromatic rings. The number of aromatic nitrogens is 2. The molecule has 1 N–H and O–H groups in total. The molecule has 0 aliphatic heterocycles. The number of thiophene rings is 1. The zero-order valence-corrected chi connectivity index (χ0v) is 15.6. The van der Waals surface area contributed by atoms with Crippen molar-refractivity contribution < 1.29 is 9.32 Å². The minimum Gasteiger partial charge on any atom is -0.335 e. The number of pyridine rings is 1. The number of para-hydroxylation sites is 1. The highest BCUT2D eigenvalue weighted by atomic mass is 35.5. The Balaban J connectivity index is 1.83. The molecule has 7 heteroatoms. The minimum absolute atomic E-state index is 0.286. The second-order valence-electron chi connectivity index (χ2n) is 5.85. The number of fused-ring (bicyclic) bond motifs is 1. The summed E-state index contributed by atoms with van der Waals surface area (Å²) < 4.78 is 5.32. The molecule has 0 atom stereocenters. The van der Waals surface area contributed by atoms with E-state index in [9.17, 15) is 4.79 Å². The predicted molar refractivity (Wildman–Crippen MR) is 104 cm³/mol. The molecule has 0 aliphatic carbocycles. The Morgan fingerprint density at radius 1 is 1.19 bits per heavy atom. The number of rotatable bonds is 3. The molecule has 0 radical (unpaired) electrons. The summed E-state index contributed by atoms with van der Waals surface area (Å²) in [5, 5.41) is 7.90. The van der Waals surface area contributed by atoms with Crippen molar-refractivity contribution >= 4 is 45.6 Å². The topological polar surface area (TPSA) is 68.0 Å². The van der Waals surface area contributed by atoms with Gasteiger partial charge in [0, 0.05) is 4.88 Å². The number of amides is 1. The summed E-state index contributed by atoms with van der Waals surface area (Å²) in [4.78, 5) is 19.6. The Kier molecular flexibility index (Phi) is 4.22. The smallest absolute Gasteiger partial charge is 0.259 e. The first-order valence-corrected chi connectivity index (χ1v) is 9.12. The van der Waals surface area contributed by atoms with Gasteiger partial charge in [-0.05, 0) is 44.2 Å². The molecule has 1 amide bonds. The number of carbonyl (C=O) groups excluding carboxylic acids is 1. The standard InChI is InChI=1S/C19H14ClN3O2S/c1-10-7-8-16(26-10)15-9-12(17-11(2)23-25-19(17)22-15)18(24)21-14-6-4-3-5-13(14)20/h3-9H,1-2H3,(H,21,24). The molecule has 1 aromatic carbocycles. The average Bonchev–Trinajstić information content (AvgIpc) is 3.22. The van der Waals surface area contributed by atoms with E-state index in [0.29, 0.717) is 38.8 Å². The maximum atomic E-state index is 13.0. The Morgan fingerprint density at radius 3 is 2.73 bits per heavy atom. The predicted octanol–water partition coefficient (Wildman–Crippen LogP) is 5.47. The maximum Gasteiger partial charge on any atom is 0.259 e. The number of nitrogens with one attached hydrogen (secondary N) is 1. The monoisotopic (exact) mass is 383 g/mol. The van der Waals surface area contributed by atoms with Gasteiger partial charge in [0.1, 0.15) is 0 Å². The highest BCUT2D eigenvalue weighted by Gasteiger charge is 2.20. The van der Waals surface area contributed by atoms with Gasteiger partial charge in [-0.25, -0.2) is 4.98 Å². The first-order valence-electron chi connectivity index (χ1n) is 7.92. The second kappa shape index (κ2) is 6.55. The zero-order valence-electron chi connectivity index (χ0n) is 14.0. The molecule has 0 bridgehead atoms. The van der Waals surface area contributed by atoms with E-state index in [1.165, 1.54) is 0 Å². The van der Waals surface area contributed by atoms with Crippen LogP contribution < -0.4 is 5.32 Å². The lowest BCUT2D eigenvalue weighted by Crippen LogP contribution is -2.13. The number of aryl methyl sites for hydroxylation is 2. The van der Waals surface area contributed by atoms with Crippen LogP contribution in [-0.4, -0.2) is 16.0 Å². The molecule has 0 spiro atoms. The van der Waals surface area contributed by atoms with E-state index in [2.05, 4.69) is 15.5 Å². The molecule has 0 unspecified atom stereocenters. The fraction of sp³-hybridized carbons (Fsp3) is 0.105. The molecule has 130 valence electrons. The fourth-order valence-corrected chi connectivity index (χ4v) is 3.74. The van der Waals surface area contributed by atoms with Gasteiger partial charge in [0.05, 0.1) is 37.9 Å². The van der Waals surface area contributed by atoms with Crippen LogP contribution in [0, 0.1) is 13.8 Å². The third-order valence-electron chi connectivity index (χ3n) is 3.98. The number of hydrogen-bond acceptors (Lipinski definition) is 5. The quantitative estimate of drug-likeness (QED) is 0.509. The van der Waals surface area contributed by atoms with Crippen molar-refractivity contribution in [3.8, 4) is 10.6 Å². The summed E-state index contributed by atoms with van der Waals surface area (Å²) in [5.74, 6) is -0.286. The van der Waals surface area contributed by atoms with Gasteiger partial charge in [0.2, 0.25) is 0 Å². The number of nitrogens with zero attached hydrogens (tertiary/aromatic N) is 2. The lowest BCUT2D eigenvalue weighted by molar-refractivity contribution is 0.102. The van der Waals surface area contributed by atoms with Gasteiger partial charge < -0.3 is 9.84 Å². The van der Waals surface area contributed by atoms with E-state index in [0.717, 1.165) is 9.75 Å². The van der Waals surface area contributed by atoms with E-state index in [1.807, 2.05) is 31.2 Å². The highest BCUT2D eigenvalue weighted by molar-refractivity contribution is 7.15. The Labute approximate surface area is 158 Å². The number of halogens is 1. The Hall–Kier alpha value is -2.70. The number of anilines is 1. The molecule has 3 aromatic heterocycles. The van der Waals surface area contributed by atoms with E-state index in [4.69, 9.17) is 16.1 Å². The van der Waals surface area contributed by atoms with E-state index in [1.54, 1.807) is 36.5 Å². The molecule has 3 heterocycles. The van der Waals surface area contributed by atoms with Gasteiger partial charge in [-0.2, -0.15) is 0 Å². The van der Waals surface area contributed by atoms with Crippen LogP contribution in [0.2, 0.25) is 5.02 Å². The molecule has 0 saturated carbocycles. The van der Waals surface area contributed by atoms with E-state index < -0.39 is 0 Å². The first kappa shape index (κ1) is 16.8. The molecule has 0 aliphatic rings. The van der Waals surface area contributed by atoms with Gasteiger partial charge in [-0.3, -0.25) is 4.79 Å². The SMILES string of the molecule is Cc1ccc(-c2cc(C(=O)Nc3ccccc3Cl)c3c(C)noc3n2)s1. The molecule has 5 nitrogen and oxygen atoms in total. The van der Waals surface area contributed by atoms with Gasteiger partial charge in [-0.15, -0.1) is 11.3 Å². The first-order chi connectivity index (χ1) is 12.5. The van der Waals surface area contributed by atoms with Gasteiger partial charge in [-0.1, -0.05) is 28.9 Å². The van der Waals surface area contributed by atoms with Crippen molar-refractivity contribution in [3.05, 3.63) is 63.6 Å². The van der Waals surface area contributed by atoms with Crippen LogP contribution in [0.1, 0.15) is 20.9 Å². The van der Waals surface area contributed by atoms with Crippen molar-refractivity contribution in [3.63, 3.8) is 0 Å². The van der Waals surface area contributed by atoms with Crippen LogP contribution in [0.3, 0.4) is 0 Å². The zero-order chi connectivity index (χ0) is 18.3. The summed E-state index contributed by atoms with van der Waals surface area (Å²) >= 11 is 7.76. The molecule has 4 rings (SSSR count). The normalized spacial score (nSPS) is 11.0. The average molecular weight is 384 g/mol. The molecule has 0 saturated heterocycles. The summed E-state index contributed by atoms with van der Waals surface area (Å²) in [6.45, 7) is 3.81. The van der Waals surface area contributed by atoms with Crippen LogP contribution >= 0.6 is 22.9 Å². The largest absolute Gasteiger partial charge is 0.335 e. The summed E-state index contributed by atoms with van der Waals surface area (Å²) in [6.07, 6.45) is 0. The number of carbonyl (C=O) groups is 1. The third-order valence-corrected chi connectivity index (χ3v) is 5.33. The van der Waals surface area contributed by atoms with Crippen molar-refractivity contribution in [2.75, 3.05) is 5.32 Å². The van der Waals surface area contributed by atoms with Crippen LogP contribution in [0.5, 0.6) is 0 Å². The summed E-state index contributed by atoms with van der Waals surface area (Å²) in [6, 6.07) is 12.9. The van der Waals surface area contributed by atoms with Gasteiger partial charge >= 0.3 is 0 Å². The fourth-order valence-electron chi connectivity index (χ4n) is 2.72. The lowest BCUT2D eigenvalue weighted by Gasteiger charge is -2.09. The van der Waals surface area contributed by atoms with Crippen molar-refractivity contribution in [2.45, 2.75) is 13.8 Å². The number of benzene rings is 1. The van der Waals surface area contributed by atoms with E-state index >= 15 is 0 Å². The van der Waals surface area contributed by atoms with Gasteiger partial charge in [0.15, 0.2) is 0 Å². The van der Waals surface area contributed by atoms with Gasteiger partial charge in [0.25, 0.3) is 11.6 Å². The van der Waals surface area contributed by atoms with Crippen molar-refractivity contribution in [2.24, 2.45) is 0 Å². The molecule has 0 fully saturated rings. The minimum atomic E-state index is -0.286. The molecule has 26 heavy (non-hydrogen) atoms. The Bertz CT molecular complexity index is 1130. The summed E-state index contributed by atoms with van der Waals surface area (Å²) in [5.41, 5.74) is 2.64.